The Hall–Kier alpha value is -1.95. The highest BCUT2D eigenvalue weighted by atomic mass is 16.5. The molecule has 1 saturated heterocycles. The van der Waals surface area contributed by atoms with Gasteiger partial charge in [-0.2, -0.15) is 0 Å². The molecule has 0 radical (unpaired) electrons. The van der Waals surface area contributed by atoms with Crippen molar-refractivity contribution in [3.63, 3.8) is 0 Å². The summed E-state index contributed by atoms with van der Waals surface area (Å²) in [5.74, 6) is 3.66. The van der Waals surface area contributed by atoms with E-state index in [1.54, 1.807) is 0 Å². The molecule has 1 aliphatic carbocycles. The molecule has 6 heteroatoms. The maximum atomic E-state index is 5.26. The summed E-state index contributed by atoms with van der Waals surface area (Å²) >= 11 is 0. The van der Waals surface area contributed by atoms with Gasteiger partial charge in [0.05, 0.1) is 5.69 Å². The zero-order chi connectivity index (χ0) is 15.8. The molecular formula is C17H23N5O. The van der Waals surface area contributed by atoms with Crippen molar-refractivity contribution in [1.82, 2.24) is 20.0 Å². The predicted octanol–water partition coefficient (Wildman–Crippen LogP) is 2.28. The third-order valence-corrected chi connectivity index (χ3v) is 4.86. The van der Waals surface area contributed by atoms with E-state index in [0.717, 1.165) is 55.8 Å². The van der Waals surface area contributed by atoms with E-state index in [9.17, 15) is 0 Å². The zero-order valence-corrected chi connectivity index (χ0v) is 13.8. The van der Waals surface area contributed by atoms with Gasteiger partial charge in [0.15, 0.2) is 0 Å². The number of hydrogen-bond donors (Lipinski definition) is 0. The molecule has 6 nitrogen and oxygen atoms in total. The van der Waals surface area contributed by atoms with Crippen LogP contribution in [0.4, 0.5) is 5.82 Å². The molecule has 0 atom stereocenters. The third kappa shape index (κ3) is 3.08. The smallest absolute Gasteiger partial charge is 0.138 e. The van der Waals surface area contributed by atoms with Crippen molar-refractivity contribution in [2.45, 2.75) is 39.2 Å². The number of nitrogens with zero attached hydrogens (tertiary/aromatic N) is 5. The van der Waals surface area contributed by atoms with E-state index in [1.807, 2.05) is 26.1 Å². The molecule has 0 aromatic carbocycles. The molecule has 2 fully saturated rings. The molecule has 4 rings (SSSR count). The van der Waals surface area contributed by atoms with Crippen molar-refractivity contribution in [3.05, 3.63) is 35.1 Å². The van der Waals surface area contributed by atoms with E-state index in [1.165, 1.54) is 18.4 Å². The van der Waals surface area contributed by atoms with Gasteiger partial charge in [0.1, 0.15) is 17.4 Å². The van der Waals surface area contributed by atoms with E-state index in [2.05, 4.69) is 19.9 Å². The van der Waals surface area contributed by atoms with E-state index in [0.29, 0.717) is 5.92 Å². The highest BCUT2D eigenvalue weighted by molar-refractivity contribution is 5.39. The summed E-state index contributed by atoms with van der Waals surface area (Å²) in [7, 11) is 0. The zero-order valence-electron chi connectivity index (χ0n) is 13.8. The van der Waals surface area contributed by atoms with Gasteiger partial charge in [-0.05, 0) is 32.8 Å². The molecule has 122 valence electrons. The monoisotopic (exact) mass is 313 g/mol. The minimum absolute atomic E-state index is 0.607. The van der Waals surface area contributed by atoms with Crippen LogP contribution in [0.3, 0.4) is 0 Å². The second-order valence-electron chi connectivity index (χ2n) is 6.61. The number of hydrogen-bond acceptors (Lipinski definition) is 6. The number of aryl methyl sites for hydroxylation is 2. The van der Waals surface area contributed by atoms with Crippen LogP contribution in [0, 0.1) is 13.8 Å². The molecule has 0 amide bonds. The summed E-state index contributed by atoms with van der Waals surface area (Å²) in [6.45, 7) is 9.01. The van der Waals surface area contributed by atoms with Crippen molar-refractivity contribution < 1.29 is 4.52 Å². The molecule has 0 unspecified atom stereocenters. The first kappa shape index (κ1) is 14.6. The van der Waals surface area contributed by atoms with Gasteiger partial charge in [-0.1, -0.05) is 5.16 Å². The van der Waals surface area contributed by atoms with Gasteiger partial charge in [-0.15, -0.1) is 0 Å². The molecule has 1 aliphatic heterocycles. The second kappa shape index (κ2) is 5.92. The Morgan fingerprint density at radius 1 is 1.17 bits per heavy atom. The number of anilines is 1. The lowest BCUT2D eigenvalue weighted by Gasteiger charge is -2.35. The van der Waals surface area contributed by atoms with Crippen molar-refractivity contribution in [2.24, 2.45) is 0 Å². The van der Waals surface area contributed by atoms with Crippen molar-refractivity contribution in [1.29, 1.82) is 0 Å². The van der Waals surface area contributed by atoms with Crippen LogP contribution in [0.2, 0.25) is 0 Å². The molecule has 0 spiro atoms. The van der Waals surface area contributed by atoms with Gasteiger partial charge >= 0.3 is 0 Å². The van der Waals surface area contributed by atoms with Crippen LogP contribution in [0.5, 0.6) is 0 Å². The topological polar surface area (TPSA) is 58.3 Å². The minimum Gasteiger partial charge on any atom is -0.361 e. The third-order valence-electron chi connectivity index (χ3n) is 4.86. The van der Waals surface area contributed by atoms with Crippen LogP contribution in [0.15, 0.2) is 16.8 Å². The van der Waals surface area contributed by atoms with Crippen molar-refractivity contribution in [3.8, 4) is 0 Å². The molecule has 2 aliphatic rings. The van der Waals surface area contributed by atoms with E-state index in [4.69, 9.17) is 9.51 Å². The maximum absolute atomic E-state index is 5.26. The fraction of sp³-hybridized carbons (Fsp3) is 0.588. The lowest BCUT2D eigenvalue weighted by molar-refractivity contribution is 0.247. The van der Waals surface area contributed by atoms with Crippen LogP contribution in [-0.2, 0) is 6.54 Å². The molecular weight excluding hydrogens is 290 g/mol. The molecule has 3 heterocycles. The Morgan fingerprint density at radius 3 is 2.61 bits per heavy atom. The minimum atomic E-state index is 0.607. The Kier molecular flexibility index (Phi) is 3.77. The van der Waals surface area contributed by atoms with Crippen LogP contribution in [0.1, 0.15) is 41.6 Å². The standard InChI is InChI=1S/C17H23N5O/c1-12-15(13(2)23-20-12)11-21-7-9-22(10-8-21)16-5-6-18-17(19-16)14-3-4-14/h5-6,14H,3-4,7-11H2,1-2H3. The number of rotatable bonds is 4. The van der Waals surface area contributed by atoms with Crippen LogP contribution >= 0.6 is 0 Å². The first-order valence-corrected chi connectivity index (χ1v) is 8.42. The highest BCUT2D eigenvalue weighted by Crippen LogP contribution is 2.38. The fourth-order valence-electron chi connectivity index (χ4n) is 3.16. The molecule has 0 bridgehead atoms. The van der Waals surface area contributed by atoms with E-state index >= 15 is 0 Å². The molecule has 23 heavy (non-hydrogen) atoms. The number of aromatic nitrogens is 3. The van der Waals surface area contributed by atoms with Crippen LogP contribution in [-0.4, -0.2) is 46.2 Å². The summed E-state index contributed by atoms with van der Waals surface area (Å²) in [4.78, 5) is 14.0. The molecule has 2 aromatic heterocycles. The Labute approximate surface area is 136 Å². The van der Waals surface area contributed by atoms with Gasteiger partial charge in [0.2, 0.25) is 0 Å². The van der Waals surface area contributed by atoms with Crippen molar-refractivity contribution >= 4 is 5.82 Å². The lowest BCUT2D eigenvalue weighted by Crippen LogP contribution is -2.46. The van der Waals surface area contributed by atoms with Crippen LogP contribution in [0.25, 0.3) is 0 Å². The van der Waals surface area contributed by atoms with Gasteiger partial charge in [-0.3, -0.25) is 4.90 Å². The summed E-state index contributed by atoms with van der Waals surface area (Å²) in [6.07, 6.45) is 4.40. The number of piperazine rings is 1. The maximum Gasteiger partial charge on any atom is 0.138 e. The van der Waals surface area contributed by atoms with Gasteiger partial charge in [0.25, 0.3) is 0 Å². The largest absolute Gasteiger partial charge is 0.361 e. The van der Waals surface area contributed by atoms with Gasteiger partial charge in [0, 0.05) is 50.4 Å². The normalized spacial score (nSPS) is 19.3. The average molecular weight is 313 g/mol. The van der Waals surface area contributed by atoms with Crippen molar-refractivity contribution in [2.75, 3.05) is 31.1 Å². The first-order chi connectivity index (χ1) is 11.2. The van der Waals surface area contributed by atoms with Crippen LogP contribution < -0.4 is 4.90 Å². The molecule has 2 aromatic rings. The summed E-state index contributed by atoms with van der Waals surface area (Å²) in [5.41, 5.74) is 2.24. The Morgan fingerprint density at radius 2 is 1.96 bits per heavy atom. The second-order valence-corrected chi connectivity index (χ2v) is 6.61. The summed E-state index contributed by atoms with van der Waals surface area (Å²) < 4.78 is 5.26. The first-order valence-electron chi connectivity index (χ1n) is 8.42. The summed E-state index contributed by atoms with van der Waals surface area (Å²) in [5, 5.41) is 4.05. The fourth-order valence-corrected chi connectivity index (χ4v) is 3.16. The van der Waals surface area contributed by atoms with E-state index < -0.39 is 0 Å². The SMILES string of the molecule is Cc1noc(C)c1CN1CCN(c2ccnc(C3CC3)n2)CC1. The highest BCUT2D eigenvalue weighted by Gasteiger charge is 2.27. The van der Waals surface area contributed by atoms with Gasteiger partial charge in [-0.25, -0.2) is 9.97 Å². The molecule has 0 N–H and O–H groups in total. The predicted molar refractivity (Wildman–Crippen MR) is 87.5 cm³/mol. The summed E-state index contributed by atoms with van der Waals surface area (Å²) in [6, 6.07) is 2.04. The van der Waals surface area contributed by atoms with Gasteiger partial charge < -0.3 is 9.42 Å². The Bertz CT molecular complexity index is 667. The molecule has 1 saturated carbocycles. The Balaban J connectivity index is 1.38. The van der Waals surface area contributed by atoms with E-state index in [-0.39, 0.29) is 0 Å². The quantitative estimate of drug-likeness (QED) is 0.863. The lowest BCUT2D eigenvalue weighted by atomic mass is 10.2. The average Bonchev–Trinajstić information content (AvgIpc) is 3.38.